The molecule has 1 nitrogen and oxygen atoms in total. The maximum Gasteiger partial charge on any atom is 0.483 e. The van der Waals surface area contributed by atoms with Gasteiger partial charge in [-0.25, -0.2) is 4.79 Å². The zero-order chi connectivity index (χ0) is 19.7. The van der Waals surface area contributed by atoms with Crippen LogP contribution in [0.3, 0.4) is 0 Å². The average Bonchev–Trinajstić information content (AvgIpc) is 2.07. The summed E-state index contributed by atoms with van der Waals surface area (Å²) in [6, 6.07) is 0. The van der Waals surface area contributed by atoms with Crippen molar-refractivity contribution in [3.05, 3.63) is 0 Å². The van der Waals surface area contributed by atoms with Crippen molar-refractivity contribution >= 4 is 6.29 Å². The van der Waals surface area contributed by atoms with Crippen LogP contribution in [0, 0.1) is 5.92 Å². The molecule has 0 saturated carbocycles. The van der Waals surface area contributed by atoms with E-state index in [1.165, 1.54) is 0 Å². The summed E-state index contributed by atoms with van der Waals surface area (Å²) in [5.41, 5.74) is 0. The molecule has 0 heterocycles. The Kier molecular flexibility index (Phi) is 6.88. The zero-order valence-electron chi connectivity index (χ0n) is 9.66. The van der Waals surface area contributed by atoms with Gasteiger partial charge in [0.15, 0.2) is 0 Å². The van der Waals surface area contributed by atoms with Crippen LogP contribution in [0.4, 0.5) is 70.7 Å². The van der Waals surface area contributed by atoms with Crippen molar-refractivity contribution in [2.45, 2.75) is 30.4 Å². The second-order valence-electron chi connectivity index (χ2n) is 3.44. The quantitative estimate of drug-likeness (QED) is 0.446. The van der Waals surface area contributed by atoms with Crippen molar-refractivity contribution in [1.82, 2.24) is 0 Å². The third kappa shape index (κ3) is 5.96. The third-order valence-electron chi connectivity index (χ3n) is 1.79. The molecule has 0 bridgehead atoms. The number of carbonyl (C=O) groups is 1. The van der Waals surface area contributed by atoms with Crippen LogP contribution in [0.1, 0.15) is 0 Å². The van der Waals surface area contributed by atoms with E-state index in [-0.39, 0.29) is 0 Å². The molecule has 0 aromatic rings. The van der Waals surface area contributed by atoms with E-state index in [4.69, 9.17) is 4.79 Å². The Bertz CT molecular complexity index is 380. The number of rotatable bonds is 2. The fourth-order valence-electron chi connectivity index (χ4n) is 0.967. The van der Waals surface area contributed by atoms with E-state index in [0.29, 0.717) is 0 Å². The minimum atomic E-state index is -7.50. The van der Waals surface area contributed by atoms with E-state index >= 15 is 0 Å². The second kappa shape index (κ2) is 6.62. The van der Waals surface area contributed by atoms with Crippen molar-refractivity contribution in [2.24, 2.45) is 5.92 Å². The van der Waals surface area contributed by atoms with Gasteiger partial charge >= 0.3 is 36.7 Å². The van der Waals surface area contributed by atoms with Crippen LogP contribution in [0.2, 0.25) is 0 Å². The standard InChI is InChI=1S/C6HF13.CF2O/c7-2(8,5(15,16)6(17,18)19)1(3(9,10)11)4(12,13)14;2-1(3)4/h1H;. The topological polar surface area (TPSA) is 17.1 Å². The molecule has 0 spiro atoms. The largest absolute Gasteiger partial charge is 0.483 e. The molecule has 0 saturated heterocycles. The summed E-state index contributed by atoms with van der Waals surface area (Å²) < 4.78 is 173. The fraction of sp³-hybridized carbons (Fsp3) is 0.857. The molecule has 0 aromatic carbocycles. The number of halogens is 15. The Balaban J connectivity index is 0. The zero-order valence-corrected chi connectivity index (χ0v) is 9.66. The molecule has 16 heteroatoms. The molecular weight excluding hydrogens is 385 g/mol. The first kappa shape index (κ1) is 23.9. The minimum absolute atomic E-state index is 2.83. The molecular formula is C7HF15O. The maximum atomic E-state index is 12.4. The van der Waals surface area contributed by atoms with E-state index in [0.717, 1.165) is 0 Å². The fourth-order valence-corrected chi connectivity index (χ4v) is 0.967. The van der Waals surface area contributed by atoms with Crippen molar-refractivity contribution < 1.29 is 70.7 Å². The van der Waals surface area contributed by atoms with Crippen molar-refractivity contribution in [1.29, 1.82) is 0 Å². The van der Waals surface area contributed by atoms with Gasteiger partial charge in [-0.15, -0.1) is 8.78 Å². The summed E-state index contributed by atoms with van der Waals surface area (Å²) in [7, 11) is 0. The normalized spacial score (nSPS) is 14.4. The van der Waals surface area contributed by atoms with Crippen LogP contribution in [0.5, 0.6) is 0 Å². The van der Waals surface area contributed by atoms with Crippen LogP contribution >= 0.6 is 0 Å². The van der Waals surface area contributed by atoms with E-state index in [9.17, 15) is 65.9 Å². The lowest BCUT2D eigenvalue weighted by molar-refractivity contribution is -0.419. The molecule has 0 aliphatic carbocycles. The summed E-state index contributed by atoms with van der Waals surface area (Å²) in [4.78, 5) is 8.11. The number of hydrogen-bond acceptors (Lipinski definition) is 1. The molecule has 0 fully saturated rings. The second-order valence-corrected chi connectivity index (χ2v) is 3.44. The first-order chi connectivity index (χ1) is 9.60. The van der Waals surface area contributed by atoms with Gasteiger partial charge in [0.2, 0.25) is 5.92 Å². The molecule has 0 unspecified atom stereocenters. The van der Waals surface area contributed by atoms with Crippen LogP contribution in [0.25, 0.3) is 0 Å². The van der Waals surface area contributed by atoms with Gasteiger partial charge in [0.05, 0.1) is 0 Å². The summed E-state index contributed by atoms with van der Waals surface area (Å²) >= 11 is 0. The van der Waals surface area contributed by atoms with Gasteiger partial charge in [-0.2, -0.15) is 57.1 Å². The Labute approximate surface area is 115 Å². The number of hydrogen-bond donors (Lipinski definition) is 0. The molecule has 0 aromatic heterocycles. The summed E-state index contributed by atoms with van der Waals surface area (Å²) in [6.07, 6.45) is -24.2. The van der Waals surface area contributed by atoms with E-state index in [1.807, 2.05) is 0 Å². The average molecular weight is 386 g/mol. The molecule has 0 aliphatic rings. The highest BCUT2D eigenvalue weighted by Crippen LogP contribution is 2.57. The minimum Gasteiger partial charge on any atom is -0.219 e. The highest BCUT2D eigenvalue weighted by Gasteiger charge is 2.83. The summed E-state index contributed by atoms with van der Waals surface area (Å²) in [5.74, 6) is -21.1. The van der Waals surface area contributed by atoms with Gasteiger partial charge in [0.1, 0.15) is 0 Å². The van der Waals surface area contributed by atoms with Gasteiger partial charge in [0.25, 0.3) is 0 Å². The lowest BCUT2D eigenvalue weighted by Crippen LogP contribution is -2.62. The Morgan fingerprint density at radius 1 is 0.609 bits per heavy atom. The number of alkyl halides is 13. The lowest BCUT2D eigenvalue weighted by Gasteiger charge is -2.35. The smallest absolute Gasteiger partial charge is 0.219 e. The predicted octanol–water partition coefficient (Wildman–Crippen LogP) is 5.61. The molecule has 140 valence electrons. The lowest BCUT2D eigenvalue weighted by atomic mass is 9.94. The molecule has 0 atom stereocenters. The maximum absolute atomic E-state index is 12.4. The van der Waals surface area contributed by atoms with Crippen LogP contribution in [0.15, 0.2) is 0 Å². The Morgan fingerprint density at radius 3 is 0.957 bits per heavy atom. The van der Waals surface area contributed by atoms with Crippen molar-refractivity contribution in [3.63, 3.8) is 0 Å². The van der Waals surface area contributed by atoms with Gasteiger partial charge in [-0.05, 0) is 0 Å². The van der Waals surface area contributed by atoms with Crippen LogP contribution in [-0.4, -0.2) is 36.7 Å². The van der Waals surface area contributed by atoms with Crippen LogP contribution in [-0.2, 0) is 0 Å². The molecule has 0 N–H and O–H groups in total. The first-order valence-corrected chi connectivity index (χ1v) is 4.40. The van der Waals surface area contributed by atoms with E-state index in [2.05, 4.69) is 0 Å². The highest BCUT2D eigenvalue weighted by molar-refractivity contribution is 5.55. The SMILES string of the molecule is FC(F)(F)C(C(F)(F)F)C(F)(F)C(F)(F)C(F)(F)F.O=C(F)F. The monoisotopic (exact) mass is 386 g/mol. The van der Waals surface area contributed by atoms with Gasteiger partial charge in [-0.3, -0.25) is 0 Å². The third-order valence-corrected chi connectivity index (χ3v) is 1.79. The molecule has 0 aliphatic heterocycles. The summed E-state index contributed by atoms with van der Waals surface area (Å²) in [5, 5.41) is 0. The Hall–Kier alpha value is -1.38. The molecule has 0 radical (unpaired) electrons. The van der Waals surface area contributed by atoms with Crippen LogP contribution < -0.4 is 0 Å². The van der Waals surface area contributed by atoms with Gasteiger partial charge < -0.3 is 0 Å². The van der Waals surface area contributed by atoms with Crippen molar-refractivity contribution in [3.8, 4) is 0 Å². The molecule has 23 heavy (non-hydrogen) atoms. The summed E-state index contributed by atoms with van der Waals surface area (Å²) in [6.45, 7) is 0. The predicted molar refractivity (Wildman–Crippen MR) is 39.2 cm³/mol. The first-order valence-electron chi connectivity index (χ1n) is 4.40. The van der Waals surface area contributed by atoms with Gasteiger partial charge in [-0.1, -0.05) is 0 Å². The Morgan fingerprint density at radius 2 is 0.826 bits per heavy atom. The number of carbonyl (C=O) groups excluding carboxylic acids is 1. The van der Waals surface area contributed by atoms with E-state index in [1.54, 1.807) is 0 Å². The van der Waals surface area contributed by atoms with E-state index < -0.39 is 42.6 Å². The van der Waals surface area contributed by atoms with Crippen molar-refractivity contribution in [2.75, 3.05) is 0 Å². The highest BCUT2D eigenvalue weighted by atomic mass is 19.4. The van der Waals surface area contributed by atoms with Gasteiger partial charge in [0, 0.05) is 0 Å². The molecule has 0 amide bonds. The molecule has 0 rings (SSSR count).